The SMILES string of the molecule is Nc1nc(Cl)nc(N2CC(O)CC2=O)n1. The van der Waals surface area contributed by atoms with E-state index in [0.29, 0.717) is 0 Å². The minimum atomic E-state index is -0.700. The van der Waals surface area contributed by atoms with Crippen molar-refractivity contribution < 1.29 is 9.90 Å². The second-order valence-electron chi connectivity index (χ2n) is 3.12. The van der Waals surface area contributed by atoms with Crippen LogP contribution in [0.5, 0.6) is 0 Å². The van der Waals surface area contributed by atoms with Crippen molar-refractivity contribution in [1.82, 2.24) is 15.0 Å². The molecule has 1 saturated heterocycles. The van der Waals surface area contributed by atoms with E-state index in [1.807, 2.05) is 0 Å². The topological polar surface area (TPSA) is 105 Å². The summed E-state index contributed by atoms with van der Waals surface area (Å²) in [6.45, 7) is 0.151. The number of β-amino-alcohol motifs (C(OH)–C–C–N with tert-alkyl or cyclic N) is 1. The molecule has 0 radical (unpaired) electrons. The van der Waals surface area contributed by atoms with Crippen LogP contribution < -0.4 is 10.6 Å². The van der Waals surface area contributed by atoms with Crippen molar-refractivity contribution in [3.05, 3.63) is 5.28 Å². The molecule has 0 aromatic carbocycles. The first kappa shape index (κ1) is 10.1. The van der Waals surface area contributed by atoms with Crippen molar-refractivity contribution in [2.45, 2.75) is 12.5 Å². The first-order valence-electron chi connectivity index (χ1n) is 4.22. The number of carbonyl (C=O) groups is 1. The largest absolute Gasteiger partial charge is 0.391 e. The Balaban J connectivity index is 2.33. The number of rotatable bonds is 1. The number of nitrogens with zero attached hydrogens (tertiary/aromatic N) is 4. The van der Waals surface area contributed by atoms with Gasteiger partial charge < -0.3 is 10.8 Å². The smallest absolute Gasteiger partial charge is 0.238 e. The molecule has 3 N–H and O–H groups in total. The molecule has 2 rings (SSSR count). The number of aliphatic hydroxyl groups excluding tert-OH is 1. The number of aromatic nitrogens is 3. The maximum absolute atomic E-state index is 11.4. The Kier molecular flexibility index (Phi) is 2.41. The summed E-state index contributed by atoms with van der Waals surface area (Å²) < 4.78 is 0. The fourth-order valence-electron chi connectivity index (χ4n) is 1.36. The summed E-state index contributed by atoms with van der Waals surface area (Å²) >= 11 is 5.57. The summed E-state index contributed by atoms with van der Waals surface area (Å²) in [5.74, 6) is -0.239. The molecule has 8 heteroatoms. The van der Waals surface area contributed by atoms with Gasteiger partial charge in [-0.15, -0.1) is 0 Å². The summed E-state index contributed by atoms with van der Waals surface area (Å²) in [6, 6.07) is 0. The van der Waals surface area contributed by atoms with Gasteiger partial charge in [-0.05, 0) is 11.6 Å². The van der Waals surface area contributed by atoms with Gasteiger partial charge in [0.2, 0.25) is 23.1 Å². The lowest BCUT2D eigenvalue weighted by Gasteiger charge is -2.12. The molecule has 15 heavy (non-hydrogen) atoms. The molecule has 1 aliphatic heterocycles. The summed E-state index contributed by atoms with van der Waals surface area (Å²) in [6.07, 6.45) is -0.641. The number of aliphatic hydroxyl groups is 1. The van der Waals surface area contributed by atoms with E-state index < -0.39 is 6.10 Å². The molecule has 1 aromatic heterocycles. The van der Waals surface area contributed by atoms with Crippen molar-refractivity contribution in [1.29, 1.82) is 0 Å². The molecule has 1 atom stereocenters. The third-order valence-electron chi connectivity index (χ3n) is 1.96. The third kappa shape index (κ3) is 1.97. The highest BCUT2D eigenvalue weighted by Gasteiger charge is 2.31. The fraction of sp³-hybridized carbons (Fsp3) is 0.429. The molecule has 0 aliphatic carbocycles. The monoisotopic (exact) mass is 229 g/mol. The molecule has 1 amide bonds. The van der Waals surface area contributed by atoms with Gasteiger partial charge in [0.15, 0.2) is 0 Å². The van der Waals surface area contributed by atoms with Crippen LogP contribution in [0.1, 0.15) is 6.42 Å². The van der Waals surface area contributed by atoms with Crippen molar-refractivity contribution >= 4 is 29.4 Å². The van der Waals surface area contributed by atoms with E-state index >= 15 is 0 Å². The zero-order valence-electron chi connectivity index (χ0n) is 7.59. The maximum Gasteiger partial charge on any atom is 0.238 e. The molecule has 0 saturated carbocycles. The highest BCUT2D eigenvalue weighted by atomic mass is 35.5. The van der Waals surface area contributed by atoms with Gasteiger partial charge in [-0.1, -0.05) is 0 Å². The van der Waals surface area contributed by atoms with Crippen molar-refractivity contribution in [3.8, 4) is 0 Å². The Bertz CT molecular complexity index is 392. The highest BCUT2D eigenvalue weighted by molar-refractivity contribution is 6.28. The van der Waals surface area contributed by atoms with E-state index in [9.17, 15) is 9.90 Å². The zero-order valence-corrected chi connectivity index (χ0v) is 8.35. The number of carbonyl (C=O) groups excluding carboxylic acids is 1. The van der Waals surface area contributed by atoms with Gasteiger partial charge in [0, 0.05) is 0 Å². The Morgan fingerprint density at radius 1 is 1.47 bits per heavy atom. The van der Waals surface area contributed by atoms with Gasteiger partial charge in [-0.3, -0.25) is 9.69 Å². The van der Waals surface area contributed by atoms with Gasteiger partial charge >= 0.3 is 0 Å². The fourth-order valence-corrected chi connectivity index (χ4v) is 1.52. The van der Waals surface area contributed by atoms with E-state index in [4.69, 9.17) is 17.3 Å². The van der Waals surface area contributed by atoms with Crippen LogP contribution in [0.2, 0.25) is 5.28 Å². The van der Waals surface area contributed by atoms with Gasteiger partial charge in [0.1, 0.15) is 0 Å². The van der Waals surface area contributed by atoms with E-state index in [0.717, 1.165) is 0 Å². The van der Waals surface area contributed by atoms with E-state index in [1.54, 1.807) is 0 Å². The van der Waals surface area contributed by atoms with Crippen molar-refractivity contribution in [2.75, 3.05) is 17.2 Å². The number of nitrogen functional groups attached to an aromatic ring is 1. The van der Waals surface area contributed by atoms with Crippen LogP contribution in [0.25, 0.3) is 0 Å². The van der Waals surface area contributed by atoms with Crippen LogP contribution in [0, 0.1) is 0 Å². The average molecular weight is 230 g/mol. The molecule has 1 fully saturated rings. The Labute approximate surface area is 89.9 Å². The molecule has 0 bridgehead atoms. The summed E-state index contributed by atoms with van der Waals surface area (Å²) in [5, 5.41) is 9.19. The molecule has 1 unspecified atom stereocenters. The second-order valence-corrected chi connectivity index (χ2v) is 3.46. The lowest BCUT2D eigenvalue weighted by atomic mass is 10.3. The minimum absolute atomic E-state index is 0.0563. The summed E-state index contributed by atoms with van der Waals surface area (Å²) in [7, 11) is 0. The standard InChI is InChI=1S/C7H8ClN5O2/c8-5-10-6(9)12-7(11-5)13-2-3(14)1-4(13)15/h3,14H,1-2H2,(H2,9,10,11,12). The summed E-state index contributed by atoms with van der Waals surface area (Å²) in [4.78, 5) is 23.7. The molecular formula is C7H8ClN5O2. The first-order valence-corrected chi connectivity index (χ1v) is 4.59. The van der Waals surface area contributed by atoms with Crippen LogP contribution in [-0.2, 0) is 4.79 Å². The molecule has 1 aromatic rings. The van der Waals surface area contributed by atoms with Crippen LogP contribution in [0.3, 0.4) is 0 Å². The lowest BCUT2D eigenvalue weighted by molar-refractivity contribution is -0.117. The quantitative estimate of drug-likeness (QED) is 0.654. The van der Waals surface area contributed by atoms with Gasteiger partial charge in [-0.25, -0.2) is 0 Å². The van der Waals surface area contributed by atoms with Crippen LogP contribution in [0.4, 0.5) is 11.9 Å². The Hall–Kier alpha value is -1.47. The van der Waals surface area contributed by atoms with Crippen LogP contribution in [0.15, 0.2) is 0 Å². The Morgan fingerprint density at radius 3 is 2.73 bits per heavy atom. The van der Waals surface area contributed by atoms with Crippen LogP contribution >= 0.6 is 11.6 Å². The predicted molar refractivity (Wildman–Crippen MR) is 52.2 cm³/mol. The molecule has 2 heterocycles. The van der Waals surface area contributed by atoms with Crippen LogP contribution in [-0.4, -0.2) is 38.6 Å². The normalized spacial score (nSPS) is 21.1. The van der Waals surface area contributed by atoms with E-state index in [2.05, 4.69) is 15.0 Å². The highest BCUT2D eigenvalue weighted by Crippen LogP contribution is 2.19. The predicted octanol–water partition coefficient (Wildman–Crippen LogP) is -0.795. The molecule has 1 aliphatic rings. The van der Waals surface area contributed by atoms with E-state index in [-0.39, 0.29) is 36.1 Å². The minimum Gasteiger partial charge on any atom is -0.391 e. The van der Waals surface area contributed by atoms with Gasteiger partial charge in [-0.2, -0.15) is 15.0 Å². The third-order valence-corrected chi connectivity index (χ3v) is 2.13. The Morgan fingerprint density at radius 2 is 2.20 bits per heavy atom. The zero-order chi connectivity index (χ0) is 11.0. The van der Waals surface area contributed by atoms with Gasteiger partial charge in [0.05, 0.1) is 19.1 Å². The van der Waals surface area contributed by atoms with Gasteiger partial charge in [0.25, 0.3) is 0 Å². The number of hydrogen-bond acceptors (Lipinski definition) is 6. The summed E-state index contributed by atoms with van der Waals surface area (Å²) in [5.41, 5.74) is 5.36. The molecule has 0 spiro atoms. The number of halogens is 1. The van der Waals surface area contributed by atoms with Crippen molar-refractivity contribution in [3.63, 3.8) is 0 Å². The first-order chi connectivity index (χ1) is 7.06. The number of nitrogens with two attached hydrogens (primary N) is 1. The second kappa shape index (κ2) is 3.59. The number of anilines is 2. The number of amides is 1. The maximum atomic E-state index is 11.4. The average Bonchev–Trinajstić information content (AvgIpc) is 2.43. The number of hydrogen-bond donors (Lipinski definition) is 2. The van der Waals surface area contributed by atoms with E-state index in [1.165, 1.54) is 4.90 Å². The molecule has 80 valence electrons. The van der Waals surface area contributed by atoms with Crippen molar-refractivity contribution in [2.24, 2.45) is 0 Å². The molecule has 7 nitrogen and oxygen atoms in total. The molecular weight excluding hydrogens is 222 g/mol. The lowest BCUT2D eigenvalue weighted by Crippen LogP contribution is -2.27.